The van der Waals surface area contributed by atoms with Crippen molar-refractivity contribution in [1.82, 2.24) is 0 Å². The second-order valence-electron chi connectivity index (χ2n) is 5.47. The lowest BCUT2D eigenvalue weighted by Crippen LogP contribution is -2.41. The first-order valence-electron chi connectivity index (χ1n) is 5.65. The number of aliphatic hydroxyl groups is 1. The van der Waals surface area contributed by atoms with Crippen molar-refractivity contribution < 1.29 is 14.6 Å². The number of ether oxygens (including phenoxy) is 1. The van der Waals surface area contributed by atoms with Gasteiger partial charge in [-0.05, 0) is 52.4 Å². The van der Waals surface area contributed by atoms with Gasteiger partial charge in [-0.15, -0.1) is 0 Å². The number of esters is 1. The molecule has 88 valence electrons. The average Bonchev–Trinajstić information content (AvgIpc) is 2.00. The van der Waals surface area contributed by atoms with E-state index in [1.54, 1.807) is 0 Å². The summed E-state index contributed by atoms with van der Waals surface area (Å²) >= 11 is 0. The second-order valence-corrected chi connectivity index (χ2v) is 5.47. The third kappa shape index (κ3) is 3.49. The Morgan fingerprint density at radius 1 is 1.40 bits per heavy atom. The SMILES string of the molecule is CC(=O)OC(C)(C)C1CCC(C)(O)CC1. The molecule has 1 rings (SSSR count). The van der Waals surface area contributed by atoms with E-state index in [4.69, 9.17) is 4.74 Å². The lowest BCUT2D eigenvalue weighted by Gasteiger charge is -2.40. The minimum absolute atomic E-state index is 0.225. The summed E-state index contributed by atoms with van der Waals surface area (Å²) in [6.45, 7) is 7.24. The smallest absolute Gasteiger partial charge is 0.303 e. The van der Waals surface area contributed by atoms with Gasteiger partial charge in [0.1, 0.15) is 5.60 Å². The zero-order valence-electron chi connectivity index (χ0n) is 10.2. The van der Waals surface area contributed by atoms with E-state index in [2.05, 4.69) is 0 Å². The lowest BCUT2D eigenvalue weighted by molar-refractivity contribution is -0.162. The predicted octanol–water partition coefficient (Wildman–Crippen LogP) is 2.27. The fourth-order valence-corrected chi connectivity index (χ4v) is 2.39. The fraction of sp³-hybridized carbons (Fsp3) is 0.917. The first kappa shape index (κ1) is 12.5. The number of hydrogen-bond donors (Lipinski definition) is 1. The molecule has 1 aliphatic rings. The Morgan fingerprint density at radius 3 is 2.27 bits per heavy atom. The highest BCUT2D eigenvalue weighted by Gasteiger charge is 2.38. The van der Waals surface area contributed by atoms with Gasteiger partial charge in [-0.3, -0.25) is 4.79 Å². The molecule has 0 atom stereocenters. The van der Waals surface area contributed by atoms with Crippen LogP contribution in [0.2, 0.25) is 0 Å². The molecule has 0 aromatic carbocycles. The summed E-state index contributed by atoms with van der Waals surface area (Å²) in [7, 11) is 0. The number of hydrogen-bond acceptors (Lipinski definition) is 3. The maximum atomic E-state index is 11.0. The highest BCUT2D eigenvalue weighted by atomic mass is 16.6. The highest BCUT2D eigenvalue weighted by molar-refractivity contribution is 5.66. The van der Waals surface area contributed by atoms with E-state index in [-0.39, 0.29) is 5.97 Å². The topological polar surface area (TPSA) is 46.5 Å². The van der Waals surface area contributed by atoms with Crippen LogP contribution in [0.15, 0.2) is 0 Å². The van der Waals surface area contributed by atoms with Gasteiger partial charge in [0.25, 0.3) is 0 Å². The van der Waals surface area contributed by atoms with Crippen LogP contribution in [0.5, 0.6) is 0 Å². The first-order chi connectivity index (χ1) is 6.73. The van der Waals surface area contributed by atoms with Crippen LogP contribution in [0.4, 0.5) is 0 Å². The molecule has 3 nitrogen and oxygen atoms in total. The normalized spacial score (nSPS) is 32.5. The highest BCUT2D eigenvalue weighted by Crippen LogP contribution is 2.38. The molecule has 0 radical (unpaired) electrons. The first-order valence-corrected chi connectivity index (χ1v) is 5.65. The van der Waals surface area contributed by atoms with Crippen LogP contribution in [0.3, 0.4) is 0 Å². The van der Waals surface area contributed by atoms with Crippen LogP contribution in [-0.2, 0) is 9.53 Å². The molecule has 0 amide bonds. The van der Waals surface area contributed by atoms with Crippen LogP contribution < -0.4 is 0 Å². The third-order valence-corrected chi connectivity index (χ3v) is 3.45. The molecule has 1 fully saturated rings. The lowest BCUT2D eigenvalue weighted by atomic mass is 9.73. The van der Waals surface area contributed by atoms with E-state index in [9.17, 15) is 9.90 Å². The van der Waals surface area contributed by atoms with Crippen molar-refractivity contribution in [2.45, 2.75) is 64.6 Å². The van der Waals surface area contributed by atoms with Gasteiger partial charge in [0.2, 0.25) is 0 Å². The summed E-state index contributed by atoms with van der Waals surface area (Å²) in [6, 6.07) is 0. The van der Waals surface area contributed by atoms with Gasteiger partial charge in [0, 0.05) is 6.92 Å². The molecule has 1 saturated carbocycles. The van der Waals surface area contributed by atoms with E-state index < -0.39 is 11.2 Å². The van der Waals surface area contributed by atoms with Crippen LogP contribution >= 0.6 is 0 Å². The van der Waals surface area contributed by atoms with Crippen molar-refractivity contribution in [2.75, 3.05) is 0 Å². The predicted molar refractivity (Wildman–Crippen MR) is 58.4 cm³/mol. The summed E-state index contributed by atoms with van der Waals surface area (Å²) in [5.74, 6) is 0.138. The monoisotopic (exact) mass is 214 g/mol. The Balaban J connectivity index is 2.55. The van der Waals surface area contributed by atoms with E-state index in [1.165, 1.54) is 6.92 Å². The summed E-state index contributed by atoms with van der Waals surface area (Å²) < 4.78 is 5.32. The molecule has 0 bridgehead atoms. The Hall–Kier alpha value is -0.570. The van der Waals surface area contributed by atoms with Crippen molar-refractivity contribution in [3.8, 4) is 0 Å². The Labute approximate surface area is 91.8 Å². The van der Waals surface area contributed by atoms with Gasteiger partial charge in [-0.1, -0.05) is 0 Å². The van der Waals surface area contributed by atoms with Crippen molar-refractivity contribution in [3.63, 3.8) is 0 Å². The second kappa shape index (κ2) is 4.12. The average molecular weight is 214 g/mol. The van der Waals surface area contributed by atoms with Crippen LogP contribution in [0.1, 0.15) is 53.4 Å². The molecule has 3 heteroatoms. The molecule has 0 saturated heterocycles. The minimum atomic E-state index is -0.525. The largest absolute Gasteiger partial charge is 0.460 e. The summed E-state index contributed by atoms with van der Waals surface area (Å²) in [4.78, 5) is 11.0. The minimum Gasteiger partial charge on any atom is -0.460 e. The zero-order valence-corrected chi connectivity index (χ0v) is 10.2. The molecule has 0 aliphatic heterocycles. The molecule has 0 spiro atoms. The van der Waals surface area contributed by atoms with E-state index in [1.807, 2.05) is 20.8 Å². The molecular weight excluding hydrogens is 192 g/mol. The van der Waals surface area contributed by atoms with Crippen molar-refractivity contribution in [3.05, 3.63) is 0 Å². The molecule has 0 unspecified atom stereocenters. The van der Waals surface area contributed by atoms with Gasteiger partial charge in [0.05, 0.1) is 5.60 Å². The summed E-state index contributed by atoms with van der Waals surface area (Å²) in [6.07, 6.45) is 3.44. The van der Waals surface area contributed by atoms with E-state index in [0.717, 1.165) is 25.7 Å². The quantitative estimate of drug-likeness (QED) is 0.717. The van der Waals surface area contributed by atoms with E-state index in [0.29, 0.717) is 5.92 Å². The van der Waals surface area contributed by atoms with Gasteiger partial charge in [-0.25, -0.2) is 0 Å². The van der Waals surface area contributed by atoms with Gasteiger partial charge in [-0.2, -0.15) is 0 Å². The van der Waals surface area contributed by atoms with Gasteiger partial charge >= 0.3 is 5.97 Å². The Morgan fingerprint density at radius 2 is 1.87 bits per heavy atom. The van der Waals surface area contributed by atoms with Crippen molar-refractivity contribution >= 4 is 5.97 Å². The number of rotatable bonds is 2. The number of carbonyl (C=O) groups excluding carboxylic acids is 1. The summed E-state index contributed by atoms with van der Waals surface area (Å²) in [5, 5.41) is 9.83. The molecule has 0 aromatic rings. The molecule has 1 aliphatic carbocycles. The third-order valence-electron chi connectivity index (χ3n) is 3.45. The maximum Gasteiger partial charge on any atom is 0.303 e. The summed E-state index contributed by atoms with van der Waals surface area (Å²) in [5.41, 5.74) is -0.925. The fourth-order valence-electron chi connectivity index (χ4n) is 2.39. The van der Waals surface area contributed by atoms with Crippen LogP contribution in [0.25, 0.3) is 0 Å². The van der Waals surface area contributed by atoms with Crippen LogP contribution in [-0.4, -0.2) is 22.3 Å². The van der Waals surface area contributed by atoms with Crippen molar-refractivity contribution in [1.29, 1.82) is 0 Å². The van der Waals surface area contributed by atoms with Crippen LogP contribution in [0, 0.1) is 5.92 Å². The standard InChI is InChI=1S/C12H22O3/c1-9(13)15-11(2,3)10-5-7-12(4,14)8-6-10/h10,14H,5-8H2,1-4H3. The number of carbonyl (C=O) groups is 1. The van der Waals surface area contributed by atoms with E-state index >= 15 is 0 Å². The maximum absolute atomic E-state index is 11.0. The molecule has 1 N–H and O–H groups in total. The molecule has 0 heterocycles. The van der Waals surface area contributed by atoms with Crippen molar-refractivity contribution in [2.24, 2.45) is 5.92 Å². The van der Waals surface area contributed by atoms with Gasteiger partial charge in [0.15, 0.2) is 0 Å². The zero-order chi connectivity index (χ0) is 11.7. The Bertz CT molecular complexity index is 233. The molecule has 0 aromatic heterocycles. The molecular formula is C12H22O3. The Kier molecular flexibility index (Phi) is 3.44. The van der Waals surface area contributed by atoms with Gasteiger partial charge < -0.3 is 9.84 Å². The molecule has 15 heavy (non-hydrogen) atoms.